The second kappa shape index (κ2) is 7.78. The summed E-state index contributed by atoms with van der Waals surface area (Å²) in [5, 5.41) is 14.5. The quantitative estimate of drug-likeness (QED) is 0.733. The number of pyridine rings is 2. The predicted molar refractivity (Wildman–Crippen MR) is 108 cm³/mol. The molecule has 8 nitrogen and oxygen atoms in total. The maximum Gasteiger partial charge on any atom is 0.417 e. The van der Waals surface area contributed by atoms with Gasteiger partial charge in [0.15, 0.2) is 0 Å². The van der Waals surface area contributed by atoms with Crippen LogP contribution in [0.15, 0.2) is 30.6 Å². The molecule has 2 fully saturated rings. The highest BCUT2D eigenvalue weighted by atomic mass is 19.4. The highest BCUT2D eigenvalue weighted by molar-refractivity contribution is 6.02. The van der Waals surface area contributed by atoms with Crippen molar-refractivity contribution in [3.8, 4) is 6.07 Å². The Labute approximate surface area is 181 Å². The Morgan fingerprint density at radius 2 is 2.00 bits per heavy atom. The lowest BCUT2D eigenvalue weighted by Gasteiger charge is -2.21. The molecule has 2 N–H and O–H groups in total. The molecule has 1 aliphatic carbocycles. The molecule has 2 amide bonds. The van der Waals surface area contributed by atoms with Crippen LogP contribution in [0.1, 0.15) is 35.2 Å². The fourth-order valence-electron chi connectivity index (χ4n) is 3.99. The first-order chi connectivity index (χ1) is 15.2. The minimum Gasteiger partial charge on any atom is -0.355 e. The second-order valence-electron chi connectivity index (χ2n) is 7.78. The van der Waals surface area contributed by atoms with Crippen LogP contribution in [0.5, 0.6) is 0 Å². The highest BCUT2D eigenvalue weighted by Crippen LogP contribution is 2.52. The van der Waals surface area contributed by atoms with Crippen LogP contribution < -0.4 is 15.5 Å². The Morgan fingerprint density at radius 3 is 2.62 bits per heavy atom. The summed E-state index contributed by atoms with van der Waals surface area (Å²) < 4.78 is 40.3. The van der Waals surface area contributed by atoms with E-state index in [1.54, 1.807) is 6.07 Å². The summed E-state index contributed by atoms with van der Waals surface area (Å²) in [6.07, 6.45) is -0.352. The first kappa shape index (κ1) is 21.5. The van der Waals surface area contributed by atoms with Crippen molar-refractivity contribution in [3.63, 3.8) is 0 Å². The molecular formula is C21H19F3N6O2. The molecule has 1 saturated carbocycles. The molecule has 1 saturated heterocycles. The van der Waals surface area contributed by atoms with E-state index in [4.69, 9.17) is 0 Å². The van der Waals surface area contributed by atoms with E-state index in [9.17, 15) is 28.0 Å². The molecule has 3 heterocycles. The van der Waals surface area contributed by atoms with Crippen molar-refractivity contribution in [2.75, 3.05) is 23.8 Å². The molecule has 2 aromatic rings. The van der Waals surface area contributed by atoms with E-state index in [-0.39, 0.29) is 23.5 Å². The van der Waals surface area contributed by atoms with Crippen LogP contribution in [-0.2, 0) is 11.0 Å². The number of alkyl halides is 3. The number of aromatic nitrogens is 2. The Bertz CT molecular complexity index is 1130. The van der Waals surface area contributed by atoms with E-state index >= 15 is 0 Å². The zero-order valence-electron chi connectivity index (χ0n) is 17.0. The van der Waals surface area contributed by atoms with E-state index in [2.05, 4.69) is 26.7 Å². The van der Waals surface area contributed by atoms with Crippen molar-refractivity contribution in [1.29, 1.82) is 5.26 Å². The van der Waals surface area contributed by atoms with E-state index in [1.165, 1.54) is 24.2 Å². The average Bonchev–Trinajstić information content (AvgIpc) is 3.56. The number of hydrogen-bond donors (Lipinski definition) is 2. The summed E-state index contributed by atoms with van der Waals surface area (Å²) in [4.78, 5) is 34.2. The van der Waals surface area contributed by atoms with Gasteiger partial charge in [0.25, 0.3) is 5.91 Å². The van der Waals surface area contributed by atoms with Crippen LogP contribution >= 0.6 is 0 Å². The monoisotopic (exact) mass is 444 g/mol. The van der Waals surface area contributed by atoms with Crippen molar-refractivity contribution in [2.45, 2.75) is 25.4 Å². The molecule has 0 radical (unpaired) electrons. The minimum atomic E-state index is -4.76. The third-order valence-corrected chi connectivity index (χ3v) is 5.82. The van der Waals surface area contributed by atoms with Crippen LogP contribution in [-0.4, -0.2) is 35.4 Å². The summed E-state index contributed by atoms with van der Waals surface area (Å²) in [5.74, 6) is -1.07. The van der Waals surface area contributed by atoms with Crippen molar-refractivity contribution in [2.24, 2.45) is 11.3 Å². The second-order valence-corrected chi connectivity index (χ2v) is 7.78. The first-order valence-corrected chi connectivity index (χ1v) is 9.95. The SMILES string of the molecule is CNC(=O)c1cnc(Nc2cc(N3CC[C@@](C#N)(C4CC4)C3=O)ccn2)cc1C(F)(F)F. The number of halogens is 3. The van der Waals surface area contributed by atoms with Crippen LogP contribution in [0.2, 0.25) is 0 Å². The maximum atomic E-state index is 13.4. The Balaban J connectivity index is 1.60. The largest absolute Gasteiger partial charge is 0.417 e. The lowest BCUT2D eigenvalue weighted by Crippen LogP contribution is -2.35. The lowest BCUT2D eigenvalue weighted by atomic mass is 9.83. The minimum absolute atomic E-state index is 0.0771. The van der Waals surface area contributed by atoms with Gasteiger partial charge in [0.1, 0.15) is 17.1 Å². The fraction of sp³-hybridized carbons (Fsp3) is 0.381. The number of rotatable bonds is 5. The highest BCUT2D eigenvalue weighted by Gasteiger charge is 2.56. The zero-order valence-corrected chi connectivity index (χ0v) is 17.0. The van der Waals surface area contributed by atoms with Gasteiger partial charge in [-0.2, -0.15) is 18.4 Å². The number of amides is 2. The Morgan fingerprint density at radius 1 is 1.28 bits per heavy atom. The van der Waals surface area contributed by atoms with Gasteiger partial charge >= 0.3 is 6.18 Å². The van der Waals surface area contributed by atoms with Gasteiger partial charge in [0.05, 0.1) is 17.2 Å². The van der Waals surface area contributed by atoms with Gasteiger partial charge in [0.2, 0.25) is 5.91 Å². The van der Waals surface area contributed by atoms with Crippen molar-refractivity contribution in [1.82, 2.24) is 15.3 Å². The summed E-state index contributed by atoms with van der Waals surface area (Å²) in [6.45, 7) is 0.379. The average molecular weight is 444 g/mol. The van der Waals surface area contributed by atoms with Crippen molar-refractivity contribution >= 4 is 29.1 Å². The van der Waals surface area contributed by atoms with E-state index < -0.39 is 28.6 Å². The molecule has 32 heavy (non-hydrogen) atoms. The Kier molecular flexibility index (Phi) is 5.24. The molecule has 166 valence electrons. The summed E-state index contributed by atoms with van der Waals surface area (Å²) in [6, 6.07) is 6.06. The number of anilines is 3. The van der Waals surface area contributed by atoms with E-state index in [0.717, 1.165) is 25.1 Å². The molecule has 0 spiro atoms. The number of nitriles is 1. The van der Waals surface area contributed by atoms with Gasteiger partial charge in [-0.3, -0.25) is 9.59 Å². The van der Waals surface area contributed by atoms with Gasteiger partial charge in [-0.1, -0.05) is 0 Å². The fourth-order valence-corrected chi connectivity index (χ4v) is 3.99. The Hall–Kier alpha value is -3.68. The third kappa shape index (κ3) is 3.72. The van der Waals surface area contributed by atoms with Gasteiger partial charge in [0, 0.05) is 37.7 Å². The molecule has 0 aromatic carbocycles. The van der Waals surface area contributed by atoms with Crippen LogP contribution in [0, 0.1) is 22.7 Å². The molecule has 4 rings (SSSR count). The summed E-state index contributed by atoms with van der Waals surface area (Å²) in [5.41, 5.74) is -2.25. The number of nitrogens with zero attached hydrogens (tertiary/aromatic N) is 4. The van der Waals surface area contributed by atoms with Crippen LogP contribution in [0.4, 0.5) is 30.5 Å². The lowest BCUT2D eigenvalue weighted by molar-refractivity contribution is -0.138. The number of carbonyl (C=O) groups is 2. The standard InChI is InChI=1S/C21H19F3N6O2/c1-26-18(31)14-10-28-17(9-15(14)21(22,23)24)29-16-8-13(4-6-27-16)30-7-5-20(11-25,19(30)32)12-2-3-12/h4,6,8-10,12H,2-3,5,7H2,1H3,(H,26,31)(H,27,28,29)/t20-/m1/s1. The normalized spacial score (nSPS) is 20.7. The molecule has 0 bridgehead atoms. The van der Waals surface area contributed by atoms with Crippen molar-refractivity contribution in [3.05, 3.63) is 41.7 Å². The predicted octanol–water partition coefficient (Wildman–Crippen LogP) is 3.26. The van der Waals surface area contributed by atoms with Gasteiger partial charge < -0.3 is 15.5 Å². The van der Waals surface area contributed by atoms with E-state index in [1.807, 2.05) is 0 Å². The van der Waals surface area contributed by atoms with Gasteiger partial charge in [-0.25, -0.2) is 9.97 Å². The van der Waals surface area contributed by atoms with Gasteiger partial charge in [-0.05, 0) is 37.3 Å². The molecule has 1 atom stereocenters. The first-order valence-electron chi connectivity index (χ1n) is 9.95. The van der Waals surface area contributed by atoms with Crippen LogP contribution in [0.25, 0.3) is 0 Å². The molecule has 0 unspecified atom stereocenters. The number of hydrogen-bond acceptors (Lipinski definition) is 6. The van der Waals surface area contributed by atoms with Crippen molar-refractivity contribution < 1.29 is 22.8 Å². The zero-order chi connectivity index (χ0) is 23.1. The number of carbonyl (C=O) groups excluding carboxylic acids is 2. The number of nitrogens with one attached hydrogen (secondary N) is 2. The molecule has 2 aliphatic rings. The summed E-state index contributed by atoms with van der Waals surface area (Å²) in [7, 11) is 1.23. The van der Waals surface area contributed by atoms with Gasteiger partial charge in [-0.15, -0.1) is 0 Å². The maximum absolute atomic E-state index is 13.4. The third-order valence-electron chi connectivity index (χ3n) is 5.82. The van der Waals surface area contributed by atoms with E-state index in [0.29, 0.717) is 18.7 Å². The molecule has 2 aromatic heterocycles. The molecular weight excluding hydrogens is 425 g/mol. The molecule has 1 aliphatic heterocycles. The molecule has 11 heteroatoms. The van der Waals surface area contributed by atoms with Crippen LogP contribution in [0.3, 0.4) is 0 Å². The smallest absolute Gasteiger partial charge is 0.355 e. The summed E-state index contributed by atoms with van der Waals surface area (Å²) >= 11 is 0. The topological polar surface area (TPSA) is 111 Å².